The van der Waals surface area contributed by atoms with Gasteiger partial charge < -0.3 is 9.47 Å². The summed E-state index contributed by atoms with van der Waals surface area (Å²) >= 11 is 7.03. The molecule has 7 nitrogen and oxygen atoms in total. The summed E-state index contributed by atoms with van der Waals surface area (Å²) in [4.78, 5) is 17.3. The van der Waals surface area contributed by atoms with E-state index in [2.05, 4.69) is 20.5 Å². The van der Waals surface area contributed by atoms with Crippen molar-refractivity contribution in [1.82, 2.24) is 15.2 Å². The zero-order chi connectivity index (χ0) is 21.6. The third-order valence-corrected chi connectivity index (χ3v) is 5.32. The fourth-order valence-corrected chi connectivity index (χ4v) is 3.57. The zero-order valence-electron chi connectivity index (χ0n) is 16.4. The van der Waals surface area contributed by atoms with Gasteiger partial charge >= 0.3 is 0 Å². The molecule has 2 aromatic heterocycles. The summed E-state index contributed by atoms with van der Waals surface area (Å²) in [5, 5.41) is 12.1. The summed E-state index contributed by atoms with van der Waals surface area (Å²) in [5.74, 6) is 0.276. The van der Waals surface area contributed by atoms with Gasteiger partial charge in [0.2, 0.25) is 5.13 Å². The maximum Gasteiger partial charge on any atom is 0.296 e. The highest BCUT2D eigenvalue weighted by molar-refractivity contribution is 7.17. The summed E-state index contributed by atoms with van der Waals surface area (Å²) in [6.07, 6.45) is 1.63. The largest absolute Gasteiger partial charge is 0.496 e. The Morgan fingerprint density at radius 3 is 2.68 bits per heavy atom. The Balaban J connectivity index is 1.48. The first-order valence-electron chi connectivity index (χ1n) is 9.24. The van der Waals surface area contributed by atoms with Crippen molar-refractivity contribution >= 4 is 34.0 Å². The van der Waals surface area contributed by atoms with Crippen LogP contribution in [0.25, 0.3) is 11.3 Å². The van der Waals surface area contributed by atoms with E-state index in [0.29, 0.717) is 39.0 Å². The Kier molecular flexibility index (Phi) is 6.40. The van der Waals surface area contributed by atoms with Gasteiger partial charge in [0, 0.05) is 16.8 Å². The molecule has 9 heteroatoms. The van der Waals surface area contributed by atoms with Crippen LogP contribution < -0.4 is 14.8 Å². The first kappa shape index (κ1) is 20.8. The van der Waals surface area contributed by atoms with Crippen LogP contribution in [0.2, 0.25) is 5.02 Å². The highest BCUT2D eigenvalue weighted by atomic mass is 35.5. The molecule has 4 rings (SSSR count). The fourth-order valence-electron chi connectivity index (χ4n) is 2.85. The molecule has 0 saturated carbocycles. The lowest BCUT2D eigenvalue weighted by atomic mass is 10.0. The number of nitrogens with zero attached hydrogens (tertiary/aromatic N) is 3. The Morgan fingerprint density at radius 1 is 1.06 bits per heavy atom. The van der Waals surface area contributed by atoms with Crippen LogP contribution in [0.15, 0.2) is 66.9 Å². The molecule has 2 aromatic carbocycles. The number of methoxy groups -OCH3 is 1. The standard InChI is InChI=1S/C22H17ClN4O3S/c1-29-18-7-3-2-5-16(18)19-17(6-4-12-24-19)20(28)25-21-26-27-22(31-21)30-13-14-8-10-15(23)11-9-14/h2-12H,13H2,1H3,(H,25,26,28). The van der Waals surface area contributed by atoms with Crippen LogP contribution in [0.1, 0.15) is 15.9 Å². The van der Waals surface area contributed by atoms with Crippen molar-refractivity contribution in [1.29, 1.82) is 0 Å². The first-order valence-corrected chi connectivity index (χ1v) is 10.4. The van der Waals surface area contributed by atoms with Crippen molar-refractivity contribution < 1.29 is 14.3 Å². The number of carbonyl (C=O) groups is 1. The van der Waals surface area contributed by atoms with E-state index < -0.39 is 0 Å². The summed E-state index contributed by atoms with van der Waals surface area (Å²) in [6, 6.07) is 18.1. The second-order valence-electron chi connectivity index (χ2n) is 6.34. The zero-order valence-corrected chi connectivity index (χ0v) is 18.0. The molecule has 0 saturated heterocycles. The van der Waals surface area contributed by atoms with Gasteiger partial charge in [-0.2, -0.15) is 0 Å². The third kappa shape index (κ3) is 4.99. The van der Waals surface area contributed by atoms with E-state index in [4.69, 9.17) is 21.1 Å². The van der Waals surface area contributed by atoms with Crippen LogP contribution in [0.4, 0.5) is 5.13 Å². The molecule has 1 N–H and O–H groups in total. The molecule has 0 aliphatic heterocycles. The topological polar surface area (TPSA) is 86.2 Å². The van der Waals surface area contributed by atoms with Crippen molar-refractivity contribution in [3.63, 3.8) is 0 Å². The summed E-state index contributed by atoms with van der Waals surface area (Å²) in [7, 11) is 1.58. The van der Waals surface area contributed by atoms with Crippen LogP contribution in [0.3, 0.4) is 0 Å². The van der Waals surface area contributed by atoms with Crippen LogP contribution >= 0.6 is 22.9 Å². The van der Waals surface area contributed by atoms with E-state index in [-0.39, 0.29) is 5.91 Å². The smallest absolute Gasteiger partial charge is 0.296 e. The van der Waals surface area contributed by atoms with Gasteiger partial charge in [-0.3, -0.25) is 15.1 Å². The molecule has 0 aliphatic rings. The van der Waals surface area contributed by atoms with E-state index in [1.807, 2.05) is 36.4 Å². The highest BCUT2D eigenvalue weighted by Gasteiger charge is 2.18. The predicted octanol–water partition coefficient (Wildman–Crippen LogP) is 5.09. The van der Waals surface area contributed by atoms with Crippen LogP contribution in [-0.2, 0) is 6.61 Å². The second-order valence-corrected chi connectivity index (χ2v) is 7.72. The number of ether oxygens (including phenoxy) is 2. The first-order chi connectivity index (χ1) is 15.1. The number of para-hydroxylation sites is 1. The van der Waals surface area contributed by atoms with Crippen molar-refractivity contribution in [2.75, 3.05) is 12.4 Å². The van der Waals surface area contributed by atoms with Gasteiger partial charge in [0.15, 0.2) is 0 Å². The molecule has 1 amide bonds. The predicted molar refractivity (Wildman–Crippen MR) is 120 cm³/mol. The minimum absolute atomic E-state index is 0.320. The van der Waals surface area contributed by atoms with Crippen molar-refractivity contribution in [3.05, 3.63) is 83.0 Å². The molecule has 2 heterocycles. The Morgan fingerprint density at radius 2 is 1.87 bits per heavy atom. The van der Waals surface area contributed by atoms with Crippen LogP contribution in [-0.4, -0.2) is 28.2 Å². The Hall–Kier alpha value is -3.49. The number of nitrogens with one attached hydrogen (secondary N) is 1. The molecule has 156 valence electrons. The molecule has 4 aromatic rings. The average Bonchev–Trinajstić information content (AvgIpc) is 3.26. The summed E-state index contributed by atoms with van der Waals surface area (Å²) < 4.78 is 11.1. The van der Waals surface area contributed by atoms with E-state index in [0.717, 1.165) is 22.5 Å². The average molecular weight is 453 g/mol. The van der Waals surface area contributed by atoms with Crippen molar-refractivity contribution in [2.45, 2.75) is 6.61 Å². The van der Waals surface area contributed by atoms with Crippen LogP contribution in [0, 0.1) is 0 Å². The summed E-state index contributed by atoms with van der Waals surface area (Å²) in [6.45, 7) is 0.320. The van der Waals surface area contributed by atoms with Crippen LogP contribution in [0.5, 0.6) is 10.9 Å². The highest BCUT2D eigenvalue weighted by Crippen LogP contribution is 2.31. The van der Waals surface area contributed by atoms with Gasteiger partial charge in [-0.15, -0.1) is 5.10 Å². The number of carbonyl (C=O) groups excluding carboxylic acids is 1. The Labute approximate surface area is 187 Å². The normalized spacial score (nSPS) is 10.5. The molecule has 0 atom stereocenters. The number of hydrogen-bond donors (Lipinski definition) is 1. The van der Waals surface area contributed by atoms with Gasteiger partial charge in [-0.1, -0.05) is 41.0 Å². The monoisotopic (exact) mass is 452 g/mol. The number of hydrogen-bond acceptors (Lipinski definition) is 7. The number of benzene rings is 2. The number of anilines is 1. The number of aromatic nitrogens is 3. The number of amides is 1. The SMILES string of the molecule is COc1ccccc1-c1ncccc1C(=O)Nc1nnc(OCc2ccc(Cl)cc2)s1. The molecular weight excluding hydrogens is 436 g/mol. The maximum absolute atomic E-state index is 12.9. The van der Waals surface area contributed by atoms with E-state index in [9.17, 15) is 4.79 Å². The Bertz CT molecular complexity index is 1200. The van der Waals surface area contributed by atoms with Gasteiger partial charge in [0.05, 0.1) is 18.4 Å². The molecule has 0 spiro atoms. The maximum atomic E-state index is 12.9. The lowest BCUT2D eigenvalue weighted by molar-refractivity contribution is 0.102. The van der Waals surface area contributed by atoms with Gasteiger partial charge in [-0.25, -0.2) is 0 Å². The number of rotatable bonds is 7. The van der Waals surface area contributed by atoms with Gasteiger partial charge in [0.25, 0.3) is 11.1 Å². The molecule has 0 radical (unpaired) electrons. The lowest BCUT2D eigenvalue weighted by Gasteiger charge is -2.11. The second kappa shape index (κ2) is 9.55. The third-order valence-electron chi connectivity index (χ3n) is 4.32. The van der Waals surface area contributed by atoms with E-state index in [1.165, 1.54) is 0 Å². The van der Waals surface area contributed by atoms with Gasteiger partial charge in [-0.05, 0) is 53.3 Å². The van der Waals surface area contributed by atoms with E-state index >= 15 is 0 Å². The van der Waals surface area contributed by atoms with Crippen molar-refractivity contribution in [3.8, 4) is 22.2 Å². The number of halogens is 1. The molecule has 0 bridgehead atoms. The summed E-state index contributed by atoms with van der Waals surface area (Å²) in [5.41, 5.74) is 2.58. The van der Waals surface area contributed by atoms with Gasteiger partial charge in [0.1, 0.15) is 12.4 Å². The molecular formula is C22H17ClN4O3S. The minimum Gasteiger partial charge on any atom is -0.496 e. The van der Waals surface area contributed by atoms with Crippen molar-refractivity contribution in [2.24, 2.45) is 0 Å². The molecule has 31 heavy (non-hydrogen) atoms. The minimum atomic E-state index is -0.352. The lowest BCUT2D eigenvalue weighted by Crippen LogP contribution is -2.13. The molecule has 0 unspecified atom stereocenters. The fraction of sp³-hybridized carbons (Fsp3) is 0.0909. The van der Waals surface area contributed by atoms with E-state index in [1.54, 1.807) is 37.6 Å². The quantitative estimate of drug-likeness (QED) is 0.420. The molecule has 0 fully saturated rings. The molecule has 0 aliphatic carbocycles. The number of pyridine rings is 1.